The van der Waals surface area contributed by atoms with Gasteiger partial charge in [0.05, 0.1) is 0 Å². The van der Waals surface area contributed by atoms with E-state index in [2.05, 4.69) is 12.2 Å². The van der Waals surface area contributed by atoms with Gasteiger partial charge in [0, 0.05) is 23.8 Å². The van der Waals surface area contributed by atoms with Gasteiger partial charge in [-0.2, -0.15) is 0 Å². The normalized spacial score (nSPS) is 26.9. The van der Waals surface area contributed by atoms with Crippen molar-refractivity contribution < 1.29 is 9.47 Å². The van der Waals surface area contributed by atoms with Crippen molar-refractivity contribution in [3.05, 3.63) is 17.7 Å². The van der Waals surface area contributed by atoms with Crippen LogP contribution in [0.4, 0.5) is 5.69 Å². The number of benzene rings is 1. The van der Waals surface area contributed by atoms with Crippen molar-refractivity contribution in [1.82, 2.24) is 0 Å². The third-order valence-electron chi connectivity index (χ3n) is 3.12. The Hall–Kier alpha value is -1.42. The van der Waals surface area contributed by atoms with Gasteiger partial charge in [0.1, 0.15) is 13.2 Å². The van der Waals surface area contributed by atoms with E-state index in [0.29, 0.717) is 19.3 Å². The molecule has 4 heteroatoms. The van der Waals surface area contributed by atoms with Crippen molar-refractivity contribution in [2.45, 2.75) is 25.4 Å². The van der Waals surface area contributed by atoms with Gasteiger partial charge in [0.15, 0.2) is 11.5 Å². The van der Waals surface area contributed by atoms with E-state index in [0.717, 1.165) is 29.2 Å². The van der Waals surface area contributed by atoms with Gasteiger partial charge >= 0.3 is 0 Å². The number of hydrogen-bond acceptors (Lipinski definition) is 4. The summed E-state index contributed by atoms with van der Waals surface area (Å²) in [6, 6.07) is 4.50. The summed E-state index contributed by atoms with van der Waals surface area (Å²) < 4.78 is 11.1. The Kier molecular flexibility index (Phi) is 2.17. The fraction of sp³-hybridized carbons (Fsp3) is 0.500. The Morgan fingerprint density at radius 1 is 1.25 bits per heavy atom. The molecular formula is C12H16N2O2. The Balaban J connectivity index is 2.06. The zero-order valence-corrected chi connectivity index (χ0v) is 9.32. The first-order valence-corrected chi connectivity index (χ1v) is 5.69. The first-order chi connectivity index (χ1) is 7.74. The molecule has 0 aliphatic carbocycles. The lowest BCUT2D eigenvalue weighted by Crippen LogP contribution is -2.29. The molecule has 1 aromatic rings. The molecule has 0 saturated heterocycles. The van der Waals surface area contributed by atoms with E-state index < -0.39 is 0 Å². The van der Waals surface area contributed by atoms with E-state index >= 15 is 0 Å². The van der Waals surface area contributed by atoms with Crippen molar-refractivity contribution in [2.24, 2.45) is 5.73 Å². The molecule has 2 atom stereocenters. The van der Waals surface area contributed by atoms with Crippen LogP contribution in [-0.4, -0.2) is 19.3 Å². The van der Waals surface area contributed by atoms with Crippen molar-refractivity contribution in [1.29, 1.82) is 0 Å². The molecule has 2 heterocycles. The number of anilines is 1. The standard InChI is InChI=1S/C12H16N2O2/c1-7-4-9(13)8-5-11-12(6-10(8)14-7)16-3-2-15-11/h5-7,9,14H,2-4,13H2,1H3. The molecule has 0 radical (unpaired) electrons. The third kappa shape index (κ3) is 1.50. The van der Waals surface area contributed by atoms with Crippen LogP contribution in [0.1, 0.15) is 24.9 Å². The summed E-state index contributed by atoms with van der Waals surface area (Å²) in [5.41, 5.74) is 8.34. The molecule has 3 N–H and O–H groups in total. The Bertz CT molecular complexity index is 420. The van der Waals surface area contributed by atoms with E-state index in [1.165, 1.54) is 0 Å². The van der Waals surface area contributed by atoms with Gasteiger partial charge in [-0.3, -0.25) is 0 Å². The highest BCUT2D eigenvalue weighted by molar-refractivity contribution is 5.63. The molecule has 0 saturated carbocycles. The second-order valence-electron chi connectivity index (χ2n) is 4.47. The van der Waals surface area contributed by atoms with E-state index in [1.807, 2.05) is 12.1 Å². The summed E-state index contributed by atoms with van der Waals surface area (Å²) in [7, 11) is 0. The summed E-state index contributed by atoms with van der Waals surface area (Å²) in [6.45, 7) is 3.37. The number of nitrogens with one attached hydrogen (secondary N) is 1. The van der Waals surface area contributed by atoms with Crippen molar-refractivity contribution in [2.75, 3.05) is 18.5 Å². The van der Waals surface area contributed by atoms with E-state index in [1.54, 1.807) is 0 Å². The molecule has 2 unspecified atom stereocenters. The monoisotopic (exact) mass is 220 g/mol. The molecule has 86 valence electrons. The summed E-state index contributed by atoms with van der Waals surface area (Å²) >= 11 is 0. The minimum absolute atomic E-state index is 0.0853. The summed E-state index contributed by atoms with van der Waals surface area (Å²) in [6.07, 6.45) is 0.951. The zero-order valence-electron chi connectivity index (χ0n) is 9.32. The summed E-state index contributed by atoms with van der Waals surface area (Å²) in [4.78, 5) is 0. The predicted molar refractivity (Wildman–Crippen MR) is 62.1 cm³/mol. The summed E-state index contributed by atoms with van der Waals surface area (Å²) in [5, 5.41) is 3.42. The highest BCUT2D eigenvalue weighted by Crippen LogP contribution is 2.40. The van der Waals surface area contributed by atoms with Gasteiger partial charge in [-0.05, 0) is 25.0 Å². The van der Waals surface area contributed by atoms with Crippen LogP contribution in [0.25, 0.3) is 0 Å². The molecule has 2 aliphatic rings. The quantitative estimate of drug-likeness (QED) is 0.698. The predicted octanol–water partition coefficient (Wildman–Crippen LogP) is 1.66. The van der Waals surface area contributed by atoms with Crippen LogP contribution in [0.5, 0.6) is 11.5 Å². The first-order valence-electron chi connectivity index (χ1n) is 5.69. The largest absolute Gasteiger partial charge is 0.486 e. The minimum Gasteiger partial charge on any atom is -0.486 e. The topological polar surface area (TPSA) is 56.5 Å². The maximum atomic E-state index is 6.13. The van der Waals surface area contributed by atoms with E-state index in [9.17, 15) is 0 Å². The van der Waals surface area contributed by atoms with Gasteiger partial charge in [0.25, 0.3) is 0 Å². The Labute approximate surface area is 94.7 Å². The minimum atomic E-state index is 0.0853. The zero-order chi connectivity index (χ0) is 11.1. The van der Waals surface area contributed by atoms with Gasteiger partial charge in [0.2, 0.25) is 0 Å². The van der Waals surface area contributed by atoms with E-state index in [4.69, 9.17) is 15.2 Å². The van der Waals surface area contributed by atoms with Gasteiger partial charge in [-0.15, -0.1) is 0 Å². The maximum absolute atomic E-state index is 6.13. The van der Waals surface area contributed by atoms with Gasteiger partial charge < -0.3 is 20.5 Å². The molecule has 16 heavy (non-hydrogen) atoms. The number of nitrogens with two attached hydrogens (primary N) is 1. The number of fused-ring (bicyclic) bond motifs is 2. The maximum Gasteiger partial charge on any atom is 0.163 e. The average molecular weight is 220 g/mol. The molecule has 0 spiro atoms. The summed E-state index contributed by atoms with van der Waals surface area (Å²) in [5.74, 6) is 1.63. The fourth-order valence-electron chi connectivity index (χ4n) is 2.37. The SMILES string of the molecule is CC1CC(N)c2cc3c(cc2N1)OCCO3. The van der Waals surface area contributed by atoms with E-state index in [-0.39, 0.29) is 6.04 Å². The molecule has 2 aliphatic heterocycles. The molecule has 0 amide bonds. The van der Waals surface area contributed by atoms with Crippen molar-refractivity contribution in [3.8, 4) is 11.5 Å². The lowest BCUT2D eigenvalue weighted by Gasteiger charge is -2.31. The van der Waals surface area contributed by atoms with Crippen molar-refractivity contribution >= 4 is 5.69 Å². The molecular weight excluding hydrogens is 204 g/mol. The van der Waals surface area contributed by atoms with Crippen LogP contribution in [0, 0.1) is 0 Å². The van der Waals surface area contributed by atoms with Crippen LogP contribution < -0.4 is 20.5 Å². The second kappa shape index (κ2) is 3.56. The molecule has 0 bridgehead atoms. The molecule has 3 rings (SSSR count). The van der Waals surface area contributed by atoms with Crippen molar-refractivity contribution in [3.63, 3.8) is 0 Å². The van der Waals surface area contributed by atoms with Crippen LogP contribution in [0.2, 0.25) is 0 Å². The fourth-order valence-corrected chi connectivity index (χ4v) is 2.37. The highest BCUT2D eigenvalue weighted by Gasteiger charge is 2.24. The smallest absolute Gasteiger partial charge is 0.163 e. The van der Waals surface area contributed by atoms with Crippen LogP contribution in [-0.2, 0) is 0 Å². The molecule has 0 aromatic heterocycles. The Morgan fingerprint density at radius 3 is 2.69 bits per heavy atom. The second-order valence-corrected chi connectivity index (χ2v) is 4.47. The highest BCUT2D eigenvalue weighted by atomic mass is 16.6. The Morgan fingerprint density at radius 2 is 1.94 bits per heavy atom. The molecule has 0 fully saturated rings. The number of ether oxygens (including phenoxy) is 2. The molecule has 4 nitrogen and oxygen atoms in total. The van der Waals surface area contributed by atoms with Crippen LogP contribution >= 0.6 is 0 Å². The number of hydrogen-bond donors (Lipinski definition) is 2. The lowest BCUT2D eigenvalue weighted by atomic mass is 9.94. The average Bonchev–Trinajstić information content (AvgIpc) is 2.27. The van der Waals surface area contributed by atoms with Crippen LogP contribution in [0.15, 0.2) is 12.1 Å². The first kappa shape index (κ1) is 9.78. The lowest BCUT2D eigenvalue weighted by molar-refractivity contribution is 0.171. The van der Waals surface area contributed by atoms with Crippen LogP contribution in [0.3, 0.4) is 0 Å². The number of rotatable bonds is 0. The third-order valence-corrected chi connectivity index (χ3v) is 3.12. The van der Waals surface area contributed by atoms with Gasteiger partial charge in [-0.25, -0.2) is 0 Å². The molecule has 1 aromatic carbocycles. The van der Waals surface area contributed by atoms with Gasteiger partial charge in [-0.1, -0.05) is 0 Å².